The number of hydrogen-bond acceptors (Lipinski definition) is 3. The second-order valence-electron chi connectivity index (χ2n) is 17.7. The number of rotatable bonds is 7. The summed E-state index contributed by atoms with van der Waals surface area (Å²) in [5.74, 6) is 0. The van der Waals surface area contributed by atoms with Gasteiger partial charge in [-0.1, -0.05) is 158 Å². The zero-order valence-corrected chi connectivity index (χ0v) is 36.8. The van der Waals surface area contributed by atoms with Crippen molar-refractivity contribution in [1.82, 2.24) is 4.40 Å². The largest absolute Gasteiger partial charge is 0.456 e. The van der Waals surface area contributed by atoms with E-state index < -0.39 is 0 Å². The van der Waals surface area contributed by atoms with E-state index in [1.165, 1.54) is 49.4 Å². The first kappa shape index (κ1) is 38.2. The maximum atomic E-state index is 6.43. The Morgan fingerprint density at radius 2 is 0.868 bits per heavy atom. The molecule has 4 heterocycles. The van der Waals surface area contributed by atoms with Gasteiger partial charge in [-0.3, -0.25) is 0 Å². The number of nitrogens with zero attached hydrogens (tertiary/aromatic N) is 2. The zero-order chi connectivity index (χ0) is 44.7. The minimum Gasteiger partial charge on any atom is -0.456 e. The molecule has 0 saturated carbocycles. The molecule has 0 spiro atoms. The second kappa shape index (κ2) is 15.2. The van der Waals surface area contributed by atoms with Crippen molar-refractivity contribution < 1.29 is 8.83 Å². The van der Waals surface area contributed by atoms with Crippen molar-refractivity contribution in [3.05, 3.63) is 243 Å². The molecular weight excluding hydrogens is 829 g/mol. The molecule has 14 rings (SSSR count). The topological polar surface area (TPSA) is 33.9 Å². The smallest absolute Gasteiger partial charge is 0.137 e. The molecule has 0 amide bonds. The maximum absolute atomic E-state index is 6.43. The molecule has 0 unspecified atom stereocenters. The van der Waals surface area contributed by atoms with Crippen LogP contribution in [-0.4, -0.2) is 4.40 Å². The van der Waals surface area contributed by atoms with E-state index in [9.17, 15) is 0 Å². The molecule has 4 heteroatoms. The molecule has 0 aliphatic rings. The van der Waals surface area contributed by atoms with Crippen molar-refractivity contribution in [2.75, 3.05) is 4.90 Å². The van der Waals surface area contributed by atoms with E-state index in [-0.39, 0.29) is 0 Å². The highest BCUT2D eigenvalue weighted by Crippen LogP contribution is 2.45. The third kappa shape index (κ3) is 6.08. The molecular formula is C64H40N2O2. The summed E-state index contributed by atoms with van der Waals surface area (Å²) in [6.07, 6.45) is 2.20. The van der Waals surface area contributed by atoms with E-state index in [2.05, 4.69) is 228 Å². The SMILES string of the molecule is c1ccc(-c2c3c4ccccc4ccc3n3cccc(-c4ccc(-c5cccc(-c6cccc(N(c7ccc8c(c7)oc7ccccc78)c7ccc8c(c7)oc7ccccc78)c6)c5)cc4)c23)cc1. The van der Waals surface area contributed by atoms with Gasteiger partial charge < -0.3 is 18.1 Å². The summed E-state index contributed by atoms with van der Waals surface area (Å²) in [4.78, 5) is 2.30. The molecule has 0 bridgehead atoms. The van der Waals surface area contributed by atoms with E-state index in [1.54, 1.807) is 0 Å². The Bertz CT molecular complexity index is 4160. The van der Waals surface area contributed by atoms with Gasteiger partial charge in [-0.25, -0.2) is 0 Å². The summed E-state index contributed by atoms with van der Waals surface area (Å²) in [6.45, 7) is 0. The average Bonchev–Trinajstić information content (AvgIpc) is 4.09. The van der Waals surface area contributed by atoms with Crippen LogP contribution in [0.4, 0.5) is 17.1 Å². The molecule has 0 N–H and O–H groups in total. The lowest BCUT2D eigenvalue weighted by atomic mass is 9.94. The van der Waals surface area contributed by atoms with Crippen LogP contribution in [0.3, 0.4) is 0 Å². The number of fused-ring (bicyclic) bond motifs is 11. The fourth-order valence-corrected chi connectivity index (χ4v) is 10.6. The zero-order valence-electron chi connectivity index (χ0n) is 36.8. The highest BCUT2D eigenvalue weighted by molar-refractivity contribution is 6.20. The van der Waals surface area contributed by atoms with Crippen molar-refractivity contribution in [1.29, 1.82) is 0 Å². The van der Waals surface area contributed by atoms with Crippen LogP contribution in [0.25, 0.3) is 116 Å². The monoisotopic (exact) mass is 868 g/mol. The Morgan fingerprint density at radius 3 is 1.57 bits per heavy atom. The molecule has 68 heavy (non-hydrogen) atoms. The fraction of sp³-hybridized carbons (Fsp3) is 0. The lowest BCUT2D eigenvalue weighted by Crippen LogP contribution is -2.09. The van der Waals surface area contributed by atoms with Crippen LogP contribution in [-0.2, 0) is 0 Å². The molecule has 0 atom stereocenters. The van der Waals surface area contributed by atoms with Crippen LogP contribution in [0, 0.1) is 0 Å². The van der Waals surface area contributed by atoms with Gasteiger partial charge in [-0.15, -0.1) is 0 Å². The van der Waals surface area contributed by atoms with Crippen molar-refractivity contribution in [3.8, 4) is 44.5 Å². The Labute approximate surface area is 391 Å². The number of pyridine rings is 1. The Balaban J connectivity index is 0.852. The highest BCUT2D eigenvalue weighted by atomic mass is 16.3. The molecule has 0 aliphatic carbocycles. The minimum atomic E-state index is 0.845. The first-order chi connectivity index (χ1) is 33.7. The summed E-state index contributed by atoms with van der Waals surface area (Å²) in [5, 5.41) is 8.19. The molecule has 4 aromatic heterocycles. The maximum Gasteiger partial charge on any atom is 0.137 e. The summed E-state index contributed by atoms with van der Waals surface area (Å²) in [6, 6.07) is 84.8. The second-order valence-corrected chi connectivity index (χ2v) is 17.7. The highest BCUT2D eigenvalue weighted by Gasteiger charge is 2.21. The van der Waals surface area contributed by atoms with E-state index in [4.69, 9.17) is 8.83 Å². The molecule has 10 aromatic carbocycles. The lowest BCUT2D eigenvalue weighted by molar-refractivity contribution is 0.669. The van der Waals surface area contributed by atoms with Gasteiger partial charge in [0, 0.05) is 73.4 Å². The summed E-state index contributed by atoms with van der Waals surface area (Å²) in [5.41, 5.74) is 18.3. The number of benzene rings is 10. The first-order valence-corrected chi connectivity index (χ1v) is 23.1. The van der Waals surface area contributed by atoms with Gasteiger partial charge in [0.15, 0.2) is 0 Å². The Hall–Kier alpha value is -9.12. The average molecular weight is 869 g/mol. The summed E-state index contributed by atoms with van der Waals surface area (Å²) >= 11 is 0. The van der Waals surface area contributed by atoms with Crippen LogP contribution in [0.1, 0.15) is 0 Å². The third-order valence-electron chi connectivity index (χ3n) is 13.8. The van der Waals surface area contributed by atoms with Gasteiger partial charge in [-0.2, -0.15) is 0 Å². The Morgan fingerprint density at radius 1 is 0.324 bits per heavy atom. The van der Waals surface area contributed by atoms with E-state index in [1.807, 2.05) is 24.3 Å². The lowest BCUT2D eigenvalue weighted by Gasteiger charge is -2.26. The van der Waals surface area contributed by atoms with Crippen LogP contribution >= 0.6 is 0 Å². The third-order valence-corrected chi connectivity index (χ3v) is 13.8. The van der Waals surface area contributed by atoms with Crippen molar-refractivity contribution in [3.63, 3.8) is 0 Å². The van der Waals surface area contributed by atoms with Crippen LogP contribution in [0.15, 0.2) is 252 Å². The van der Waals surface area contributed by atoms with Crippen LogP contribution in [0.2, 0.25) is 0 Å². The summed E-state index contributed by atoms with van der Waals surface area (Å²) in [7, 11) is 0. The number of aromatic nitrogens is 1. The van der Waals surface area contributed by atoms with E-state index in [0.717, 1.165) is 83.2 Å². The van der Waals surface area contributed by atoms with E-state index in [0.29, 0.717) is 0 Å². The number of furan rings is 2. The molecule has 0 fully saturated rings. The molecule has 0 saturated heterocycles. The predicted molar refractivity (Wildman–Crippen MR) is 283 cm³/mol. The van der Waals surface area contributed by atoms with Gasteiger partial charge in [0.05, 0.1) is 11.0 Å². The predicted octanol–water partition coefficient (Wildman–Crippen LogP) is 18.2. The van der Waals surface area contributed by atoms with Crippen molar-refractivity contribution in [2.24, 2.45) is 0 Å². The number of anilines is 3. The minimum absolute atomic E-state index is 0.845. The summed E-state index contributed by atoms with van der Waals surface area (Å²) < 4.78 is 15.2. The molecule has 318 valence electrons. The van der Waals surface area contributed by atoms with Gasteiger partial charge >= 0.3 is 0 Å². The number of para-hydroxylation sites is 2. The van der Waals surface area contributed by atoms with Crippen molar-refractivity contribution in [2.45, 2.75) is 0 Å². The van der Waals surface area contributed by atoms with E-state index >= 15 is 0 Å². The quantitative estimate of drug-likeness (QED) is 0.160. The molecule has 0 aliphatic heterocycles. The van der Waals surface area contributed by atoms with Crippen molar-refractivity contribution >= 4 is 88.1 Å². The van der Waals surface area contributed by atoms with Gasteiger partial charge in [0.2, 0.25) is 0 Å². The van der Waals surface area contributed by atoms with Gasteiger partial charge in [0.1, 0.15) is 22.3 Å². The van der Waals surface area contributed by atoms with Crippen LogP contribution in [0.5, 0.6) is 0 Å². The number of hydrogen-bond donors (Lipinski definition) is 0. The van der Waals surface area contributed by atoms with Gasteiger partial charge in [-0.05, 0) is 111 Å². The Kier molecular flexibility index (Phi) is 8.55. The standard InChI is InChI=1S/C64H40N2O2/c1-2-14-44(15-3-1)62-63-51-20-5-4-13-42(51)30-35-57(63)65-36-12-23-52(64(62)65)43-28-26-41(27-29-43)45-16-10-17-46(37-45)47-18-11-19-48(38-47)66(49-31-33-55-53-21-6-8-24-58(53)67-60(55)39-49)50-32-34-56-54-22-7-9-25-59(54)68-61(56)40-50/h1-40H. The van der Waals surface area contributed by atoms with Crippen LogP contribution < -0.4 is 4.90 Å². The molecule has 4 nitrogen and oxygen atoms in total. The first-order valence-electron chi connectivity index (χ1n) is 23.1. The van der Waals surface area contributed by atoms with Gasteiger partial charge in [0.25, 0.3) is 0 Å². The normalized spacial score (nSPS) is 11.8. The molecule has 14 aromatic rings. The fourth-order valence-electron chi connectivity index (χ4n) is 10.6. The molecule has 0 radical (unpaired) electrons.